The zero-order chi connectivity index (χ0) is 13.1. The van der Waals surface area contributed by atoms with E-state index in [2.05, 4.69) is 0 Å². The third kappa shape index (κ3) is 2.48. The molecule has 18 heavy (non-hydrogen) atoms. The molecule has 1 N–H and O–H groups in total. The zero-order valence-corrected chi connectivity index (χ0v) is 10.3. The molecule has 0 aromatic heterocycles. The Labute approximate surface area is 108 Å². The Balaban J connectivity index is 2.27. The molecule has 96 valence electrons. The molecule has 0 radical (unpaired) electrons. The molecule has 1 aliphatic rings. The van der Waals surface area contributed by atoms with E-state index < -0.39 is 23.7 Å². The van der Waals surface area contributed by atoms with Gasteiger partial charge in [-0.25, -0.2) is 9.18 Å². The second kappa shape index (κ2) is 5.39. The van der Waals surface area contributed by atoms with E-state index in [9.17, 15) is 14.0 Å². The molecule has 1 amide bonds. The maximum Gasteiger partial charge on any atom is 0.327 e. The van der Waals surface area contributed by atoms with Gasteiger partial charge in [0.15, 0.2) is 0 Å². The second-order valence-electron chi connectivity index (χ2n) is 3.91. The number of carboxylic acid groups (broad SMARTS) is 1. The Kier molecular flexibility index (Phi) is 3.86. The number of hydrogen-bond donors (Lipinski definition) is 1. The number of rotatable bonds is 2. The number of amides is 1. The van der Waals surface area contributed by atoms with Gasteiger partial charge in [0.05, 0.1) is 5.56 Å². The Morgan fingerprint density at radius 2 is 2.11 bits per heavy atom. The van der Waals surface area contributed by atoms with Crippen LogP contribution in [0.15, 0.2) is 24.3 Å². The van der Waals surface area contributed by atoms with Crippen LogP contribution in [-0.4, -0.2) is 46.0 Å². The maximum atomic E-state index is 13.5. The van der Waals surface area contributed by atoms with Crippen molar-refractivity contribution in [2.75, 3.05) is 18.1 Å². The number of carbonyl (C=O) groups excluding carboxylic acids is 1. The minimum atomic E-state index is -1.05. The topological polar surface area (TPSA) is 57.6 Å². The molecule has 1 fully saturated rings. The van der Waals surface area contributed by atoms with Crippen LogP contribution >= 0.6 is 11.8 Å². The third-order valence-electron chi connectivity index (χ3n) is 2.78. The zero-order valence-electron chi connectivity index (χ0n) is 9.51. The van der Waals surface area contributed by atoms with E-state index in [1.165, 1.54) is 34.9 Å². The van der Waals surface area contributed by atoms with Crippen LogP contribution in [0.25, 0.3) is 0 Å². The molecule has 1 atom stereocenters. The van der Waals surface area contributed by atoms with Gasteiger partial charge in [0, 0.05) is 18.1 Å². The third-order valence-corrected chi connectivity index (χ3v) is 3.80. The Hall–Kier alpha value is -1.56. The second-order valence-corrected chi connectivity index (χ2v) is 5.06. The summed E-state index contributed by atoms with van der Waals surface area (Å²) in [6.07, 6.45) is 0. The Bertz CT molecular complexity index is 480. The lowest BCUT2D eigenvalue weighted by atomic mass is 10.1. The van der Waals surface area contributed by atoms with Gasteiger partial charge in [0.25, 0.3) is 5.91 Å². The highest BCUT2D eigenvalue weighted by atomic mass is 32.2. The summed E-state index contributed by atoms with van der Waals surface area (Å²) in [4.78, 5) is 24.5. The molecule has 1 unspecified atom stereocenters. The predicted octanol–water partition coefficient (Wildman–Crippen LogP) is 1.47. The molecular formula is C12H12FNO3S. The predicted molar refractivity (Wildman–Crippen MR) is 66.2 cm³/mol. The van der Waals surface area contributed by atoms with Gasteiger partial charge in [-0.05, 0) is 12.1 Å². The molecule has 2 rings (SSSR count). The van der Waals surface area contributed by atoms with Crippen molar-refractivity contribution in [2.24, 2.45) is 0 Å². The van der Waals surface area contributed by atoms with Crippen molar-refractivity contribution < 1.29 is 19.1 Å². The molecule has 1 aliphatic heterocycles. The van der Waals surface area contributed by atoms with E-state index in [4.69, 9.17) is 5.11 Å². The van der Waals surface area contributed by atoms with Crippen LogP contribution in [0.3, 0.4) is 0 Å². The van der Waals surface area contributed by atoms with Gasteiger partial charge >= 0.3 is 5.97 Å². The molecule has 4 nitrogen and oxygen atoms in total. The SMILES string of the molecule is O=C(O)C1CSCCN1C(=O)c1ccccc1F. The molecule has 0 spiro atoms. The number of thioether (sulfide) groups is 1. The lowest BCUT2D eigenvalue weighted by Crippen LogP contribution is -2.50. The van der Waals surface area contributed by atoms with E-state index in [0.717, 1.165) is 0 Å². The minimum Gasteiger partial charge on any atom is -0.480 e. The Morgan fingerprint density at radius 1 is 1.39 bits per heavy atom. The minimum absolute atomic E-state index is 0.0735. The summed E-state index contributed by atoms with van der Waals surface area (Å²) in [6.45, 7) is 0.328. The molecular weight excluding hydrogens is 257 g/mol. The van der Waals surface area contributed by atoms with Crippen molar-refractivity contribution in [3.8, 4) is 0 Å². The fourth-order valence-corrected chi connectivity index (χ4v) is 2.88. The molecule has 1 saturated heterocycles. The Morgan fingerprint density at radius 3 is 2.78 bits per heavy atom. The molecule has 1 aromatic rings. The van der Waals surface area contributed by atoms with Crippen LogP contribution in [0.2, 0.25) is 0 Å². The van der Waals surface area contributed by atoms with Gasteiger partial charge in [-0.15, -0.1) is 0 Å². The number of carboxylic acids is 1. The number of benzene rings is 1. The van der Waals surface area contributed by atoms with Gasteiger partial charge in [0.2, 0.25) is 0 Å². The van der Waals surface area contributed by atoms with Gasteiger partial charge in [0.1, 0.15) is 11.9 Å². The largest absolute Gasteiger partial charge is 0.480 e. The molecule has 0 aliphatic carbocycles. The first-order valence-electron chi connectivity index (χ1n) is 5.47. The first-order valence-corrected chi connectivity index (χ1v) is 6.63. The number of carbonyl (C=O) groups is 2. The summed E-state index contributed by atoms with van der Waals surface area (Å²) in [7, 11) is 0. The van der Waals surface area contributed by atoms with Crippen molar-refractivity contribution in [3.05, 3.63) is 35.6 Å². The van der Waals surface area contributed by atoms with Crippen molar-refractivity contribution >= 4 is 23.6 Å². The monoisotopic (exact) mass is 269 g/mol. The number of nitrogens with zero attached hydrogens (tertiary/aromatic N) is 1. The average molecular weight is 269 g/mol. The lowest BCUT2D eigenvalue weighted by molar-refractivity contribution is -0.141. The highest BCUT2D eigenvalue weighted by molar-refractivity contribution is 7.99. The molecule has 1 aromatic carbocycles. The number of aliphatic carboxylic acids is 1. The molecule has 1 heterocycles. The van der Waals surface area contributed by atoms with Crippen LogP contribution in [0.5, 0.6) is 0 Å². The summed E-state index contributed by atoms with van der Waals surface area (Å²) >= 11 is 1.48. The normalized spacial score (nSPS) is 19.6. The van der Waals surface area contributed by atoms with Gasteiger partial charge in [-0.2, -0.15) is 11.8 Å². The molecule has 6 heteroatoms. The van der Waals surface area contributed by atoms with Crippen LogP contribution in [0.1, 0.15) is 10.4 Å². The van der Waals surface area contributed by atoms with Gasteiger partial charge in [-0.3, -0.25) is 4.79 Å². The number of halogens is 1. The fourth-order valence-electron chi connectivity index (χ4n) is 1.84. The summed E-state index contributed by atoms with van der Waals surface area (Å²) in [5, 5.41) is 9.07. The summed E-state index contributed by atoms with van der Waals surface area (Å²) < 4.78 is 13.5. The number of hydrogen-bond acceptors (Lipinski definition) is 3. The van der Waals surface area contributed by atoms with Crippen molar-refractivity contribution in [2.45, 2.75) is 6.04 Å². The molecule has 0 bridgehead atoms. The quantitative estimate of drug-likeness (QED) is 0.883. The van der Waals surface area contributed by atoms with Crippen LogP contribution in [0.4, 0.5) is 4.39 Å². The summed E-state index contributed by atoms with van der Waals surface area (Å²) in [5.74, 6) is -1.21. The fraction of sp³-hybridized carbons (Fsp3) is 0.333. The highest BCUT2D eigenvalue weighted by Gasteiger charge is 2.33. The van der Waals surface area contributed by atoms with Crippen molar-refractivity contribution in [1.82, 2.24) is 4.90 Å². The van der Waals surface area contributed by atoms with Crippen LogP contribution in [0, 0.1) is 5.82 Å². The highest BCUT2D eigenvalue weighted by Crippen LogP contribution is 2.20. The van der Waals surface area contributed by atoms with E-state index in [0.29, 0.717) is 18.1 Å². The van der Waals surface area contributed by atoms with Crippen molar-refractivity contribution in [3.63, 3.8) is 0 Å². The molecule has 0 saturated carbocycles. The lowest BCUT2D eigenvalue weighted by Gasteiger charge is -2.32. The van der Waals surface area contributed by atoms with Crippen LogP contribution < -0.4 is 0 Å². The average Bonchev–Trinajstić information content (AvgIpc) is 2.38. The first kappa shape index (κ1) is 12.9. The van der Waals surface area contributed by atoms with Gasteiger partial charge in [-0.1, -0.05) is 12.1 Å². The maximum absolute atomic E-state index is 13.5. The summed E-state index contributed by atoms with van der Waals surface area (Å²) in [5.41, 5.74) is -0.0735. The summed E-state index contributed by atoms with van der Waals surface area (Å²) in [6, 6.07) is 4.74. The standard InChI is InChI=1S/C12H12FNO3S/c13-9-4-2-1-3-8(9)11(15)14-5-6-18-7-10(14)12(16)17/h1-4,10H,5-7H2,(H,16,17). The first-order chi connectivity index (χ1) is 8.61. The van der Waals surface area contributed by atoms with E-state index >= 15 is 0 Å². The van der Waals surface area contributed by atoms with E-state index in [1.54, 1.807) is 6.07 Å². The van der Waals surface area contributed by atoms with Gasteiger partial charge < -0.3 is 10.0 Å². The van der Waals surface area contributed by atoms with Crippen LogP contribution in [-0.2, 0) is 4.79 Å². The van der Waals surface area contributed by atoms with E-state index in [-0.39, 0.29) is 5.56 Å². The van der Waals surface area contributed by atoms with Crippen molar-refractivity contribution in [1.29, 1.82) is 0 Å². The van der Waals surface area contributed by atoms with E-state index in [1.807, 2.05) is 0 Å². The smallest absolute Gasteiger partial charge is 0.327 e.